The number of benzene rings is 1. The zero-order valence-electron chi connectivity index (χ0n) is 15.2. The molecule has 2 heterocycles. The van der Waals surface area contributed by atoms with E-state index in [2.05, 4.69) is 41.6 Å². The molecule has 3 rings (SSSR count). The number of rotatable bonds is 5. The number of aromatic nitrogens is 3. The molecule has 2 N–H and O–H groups in total. The average molecular weight is 570 g/mol. The van der Waals surface area contributed by atoms with Crippen LogP contribution in [-0.4, -0.2) is 40.9 Å². The smallest absolute Gasteiger partial charge is 0.191 e. The normalized spacial score (nSPS) is 16.4. The Hall–Kier alpha value is -0.910. The number of hydrogen-bond acceptors (Lipinski definition) is 4. The molecule has 1 aliphatic rings. The molecular formula is C17H23BrClIN6O. The number of halogens is 3. The lowest BCUT2D eigenvalue weighted by molar-refractivity contribution is 0.177. The van der Waals surface area contributed by atoms with Gasteiger partial charge in [0.2, 0.25) is 0 Å². The number of aryl methyl sites for hydroxylation is 1. The summed E-state index contributed by atoms with van der Waals surface area (Å²) in [7, 11) is 3.41. The highest BCUT2D eigenvalue weighted by Crippen LogP contribution is 2.21. The molecule has 1 aromatic heterocycles. The van der Waals surface area contributed by atoms with Gasteiger partial charge < -0.3 is 15.4 Å². The van der Waals surface area contributed by atoms with Crippen LogP contribution in [0, 0.1) is 0 Å². The summed E-state index contributed by atoms with van der Waals surface area (Å²) in [6.07, 6.45) is 1.86. The summed E-state index contributed by atoms with van der Waals surface area (Å²) in [6, 6.07) is 6.10. The topological polar surface area (TPSA) is 76.4 Å². The lowest BCUT2D eigenvalue weighted by Gasteiger charge is -2.25. The van der Waals surface area contributed by atoms with E-state index in [0.717, 1.165) is 52.1 Å². The molecule has 7 nitrogen and oxygen atoms in total. The summed E-state index contributed by atoms with van der Waals surface area (Å²) in [5.74, 6) is 2.49. The molecule has 1 unspecified atom stereocenters. The van der Waals surface area contributed by atoms with E-state index in [0.29, 0.717) is 13.2 Å². The fraction of sp³-hybridized carbons (Fsp3) is 0.471. The second kappa shape index (κ2) is 10.6. The largest absolute Gasteiger partial charge is 0.377 e. The van der Waals surface area contributed by atoms with Crippen molar-refractivity contribution in [2.45, 2.75) is 38.6 Å². The van der Waals surface area contributed by atoms with E-state index in [1.807, 2.05) is 22.9 Å². The van der Waals surface area contributed by atoms with Crippen LogP contribution >= 0.6 is 51.5 Å². The van der Waals surface area contributed by atoms with Gasteiger partial charge in [0.25, 0.3) is 0 Å². The number of aliphatic imine (C=N–C) groups is 1. The van der Waals surface area contributed by atoms with Gasteiger partial charge in [-0.05, 0) is 24.1 Å². The van der Waals surface area contributed by atoms with Gasteiger partial charge >= 0.3 is 0 Å². The molecule has 0 bridgehead atoms. The van der Waals surface area contributed by atoms with E-state index in [1.54, 1.807) is 14.2 Å². The maximum atomic E-state index is 6.27. The van der Waals surface area contributed by atoms with Crippen molar-refractivity contribution < 1.29 is 4.74 Å². The van der Waals surface area contributed by atoms with Crippen molar-refractivity contribution in [1.29, 1.82) is 0 Å². The first kappa shape index (κ1) is 22.4. The predicted octanol–water partition coefficient (Wildman–Crippen LogP) is 3.14. The van der Waals surface area contributed by atoms with Gasteiger partial charge in [-0.2, -0.15) is 5.10 Å². The Kier molecular flexibility index (Phi) is 8.77. The number of fused-ring (bicyclic) bond motifs is 1. The number of guanidine groups is 1. The van der Waals surface area contributed by atoms with Crippen molar-refractivity contribution in [1.82, 2.24) is 25.4 Å². The zero-order valence-corrected chi connectivity index (χ0v) is 19.9. The van der Waals surface area contributed by atoms with Crippen LogP contribution in [0.15, 0.2) is 27.7 Å². The van der Waals surface area contributed by atoms with Crippen molar-refractivity contribution in [2.24, 2.45) is 4.99 Å². The first-order valence-electron chi connectivity index (χ1n) is 8.41. The summed E-state index contributed by atoms with van der Waals surface area (Å²) in [5.41, 5.74) is 1.02. The molecule has 10 heteroatoms. The summed E-state index contributed by atoms with van der Waals surface area (Å²) in [5, 5.41) is 12.0. The Morgan fingerprint density at radius 2 is 2.30 bits per heavy atom. The molecule has 0 spiro atoms. The minimum atomic E-state index is 0. The van der Waals surface area contributed by atoms with Gasteiger partial charge in [0.05, 0.1) is 6.54 Å². The molecular weight excluding hydrogens is 546 g/mol. The highest BCUT2D eigenvalue weighted by Gasteiger charge is 2.22. The van der Waals surface area contributed by atoms with Gasteiger partial charge in [0, 0.05) is 42.7 Å². The first-order chi connectivity index (χ1) is 12.6. The number of nitrogens with zero attached hydrogens (tertiary/aromatic N) is 4. The molecule has 1 aliphatic heterocycles. The van der Waals surface area contributed by atoms with Gasteiger partial charge in [0.15, 0.2) is 11.8 Å². The molecule has 148 valence electrons. The van der Waals surface area contributed by atoms with Crippen LogP contribution in [0.2, 0.25) is 5.02 Å². The lowest BCUT2D eigenvalue weighted by Crippen LogP contribution is -2.46. The molecule has 0 amide bonds. The Morgan fingerprint density at radius 1 is 1.48 bits per heavy atom. The van der Waals surface area contributed by atoms with Crippen LogP contribution < -0.4 is 10.6 Å². The molecule has 1 aromatic carbocycles. The minimum absolute atomic E-state index is 0. The SMILES string of the molecule is CN=C(NCc1ccc(Br)cc1Cl)NC1CCc2nc(COC)nn2C1.I. The molecule has 0 saturated carbocycles. The quantitative estimate of drug-likeness (QED) is 0.329. The van der Waals surface area contributed by atoms with Gasteiger partial charge in [0.1, 0.15) is 12.4 Å². The second-order valence-electron chi connectivity index (χ2n) is 6.10. The van der Waals surface area contributed by atoms with Crippen LogP contribution in [0.25, 0.3) is 0 Å². The molecule has 2 aromatic rings. The molecule has 0 radical (unpaired) electrons. The van der Waals surface area contributed by atoms with E-state index in [9.17, 15) is 0 Å². The molecule has 27 heavy (non-hydrogen) atoms. The second-order valence-corrected chi connectivity index (χ2v) is 7.42. The van der Waals surface area contributed by atoms with Crippen molar-refractivity contribution >= 4 is 57.5 Å². The molecule has 0 fully saturated rings. The number of ether oxygens (including phenoxy) is 1. The first-order valence-corrected chi connectivity index (χ1v) is 9.58. The number of hydrogen-bond donors (Lipinski definition) is 2. The highest BCUT2D eigenvalue weighted by atomic mass is 127. The van der Waals surface area contributed by atoms with Gasteiger partial charge in [-0.3, -0.25) is 4.99 Å². The summed E-state index contributed by atoms with van der Waals surface area (Å²) in [4.78, 5) is 8.81. The summed E-state index contributed by atoms with van der Waals surface area (Å²) < 4.78 is 8.03. The van der Waals surface area contributed by atoms with E-state index in [1.165, 1.54) is 0 Å². The monoisotopic (exact) mass is 568 g/mol. The average Bonchev–Trinajstić information content (AvgIpc) is 3.01. The van der Waals surface area contributed by atoms with Gasteiger partial charge in [-0.15, -0.1) is 24.0 Å². The van der Waals surface area contributed by atoms with Crippen LogP contribution in [0.5, 0.6) is 0 Å². The third-order valence-corrected chi connectivity index (χ3v) is 5.05. The molecule has 1 atom stereocenters. The molecule has 0 saturated heterocycles. The number of nitrogens with one attached hydrogen (secondary N) is 2. The highest BCUT2D eigenvalue weighted by molar-refractivity contribution is 14.0. The van der Waals surface area contributed by atoms with Crippen molar-refractivity contribution in [3.8, 4) is 0 Å². The Morgan fingerprint density at radius 3 is 3.00 bits per heavy atom. The van der Waals surface area contributed by atoms with Crippen molar-refractivity contribution in [2.75, 3.05) is 14.2 Å². The predicted molar refractivity (Wildman–Crippen MR) is 121 cm³/mol. The maximum absolute atomic E-state index is 6.27. The van der Waals surface area contributed by atoms with Crippen LogP contribution in [0.3, 0.4) is 0 Å². The zero-order chi connectivity index (χ0) is 18.5. The van der Waals surface area contributed by atoms with E-state index in [4.69, 9.17) is 16.3 Å². The lowest BCUT2D eigenvalue weighted by atomic mass is 10.1. The van der Waals surface area contributed by atoms with Crippen LogP contribution in [-0.2, 0) is 30.9 Å². The Balaban J connectivity index is 0.00000261. The van der Waals surface area contributed by atoms with Crippen LogP contribution in [0.1, 0.15) is 23.6 Å². The van der Waals surface area contributed by atoms with Gasteiger partial charge in [-0.1, -0.05) is 33.6 Å². The van der Waals surface area contributed by atoms with E-state index in [-0.39, 0.29) is 30.0 Å². The Labute approximate surface area is 189 Å². The number of methoxy groups -OCH3 is 1. The maximum Gasteiger partial charge on any atom is 0.191 e. The fourth-order valence-corrected chi connectivity index (χ4v) is 3.64. The Bertz CT molecular complexity index is 800. The fourth-order valence-electron chi connectivity index (χ4n) is 2.90. The van der Waals surface area contributed by atoms with E-state index < -0.39 is 0 Å². The van der Waals surface area contributed by atoms with Gasteiger partial charge in [-0.25, -0.2) is 9.67 Å². The van der Waals surface area contributed by atoms with Crippen molar-refractivity contribution in [3.05, 3.63) is 44.9 Å². The summed E-state index contributed by atoms with van der Waals surface area (Å²) in [6.45, 7) is 1.80. The summed E-state index contributed by atoms with van der Waals surface area (Å²) >= 11 is 9.69. The van der Waals surface area contributed by atoms with Crippen LogP contribution in [0.4, 0.5) is 0 Å². The third kappa shape index (κ3) is 6.03. The molecule has 0 aliphatic carbocycles. The minimum Gasteiger partial charge on any atom is -0.377 e. The standard InChI is InChI=1S/C17H22BrClN6O.HI/c1-20-17(21-8-11-3-4-12(18)7-14(11)19)22-13-5-6-16-23-15(10-26-2)24-25(16)9-13;/h3-4,7,13H,5-6,8-10H2,1-2H3,(H2,20,21,22);1H. The van der Waals surface area contributed by atoms with Crippen molar-refractivity contribution in [3.63, 3.8) is 0 Å². The van der Waals surface area contributed by atoms with E-state index >= 15 is 0 Å². The third-order valence-electron chi connectivity index (χ3n) is 4.20.